The first-order chi connectivity index (χ1) is 20.3. The number of halogens is 7. The van der Waals surface area contributed by atoms with Crippen molar-refractivity contribution in [2.75, 3.05) is 0 Å². The first kappa shape index (κ1) is 29.2. The SMILES string of the molecule is NC(=O)C(=Cn1nc(-c2ccccc2C(F)(F)F)nc1-c1ccccc1C(F)(F)F)c1ccc(-c2ccccc2)c(F)c1. The first-order valence-corrected chi connectivity index (χ1v) is 12.5. The van der Waals surface area contributed by atoms with Gasteiger partial charge in [-0.1, -0.05) is 78.9 Å². The molecular formula is C31H19F7N4O. The standard InChI is InChI=1S/C31H19F7N4O/c32-26-16-19(14-15-20(26)18-8-2-1-3-9-18)23(27(39)43)17-42-29(22-11-5-7-13-25(22)31(36,37)38)40-28(41-42)21-10-4-6-12-24(21)30(33,34)35/h1-17H,(H2,39,43). The van der Waals surface area contributed by atoms with E-state index in [9.17, 15) is 31.1 Å². The van der Waals surface area contributed by atoms with Gasteiger partial charge in [0.2, 0.25) is 0 Å². The predicted octanol–water partition coefficient (Wildman–Crippen LogP) is 7.94. The number of amides is 1. The van der Waals surface area contributed by atoms with Gasteiger partial charge in [-0.25, -0.2) is 14.1 Å². The van der Waals surface area contributed by atoms with Gasteiger partial charge in [0.25, 0.3) is 5.91 Å². The molecule has 1 amide bonds. The van der Waals surface area contributed by atoms with E-state index in [4.69, 9.17) is 5.73 Å². The highest BCUT2D eigenvalue weighted by atomic mass is 19.4. The van der Waals surface area contributed by atoms with Gasteiger partial charge in [0.1, 0.15) is 5.82 Å². The van der Waals surface area contributed by atoms with Crippen molar-refractivity contribution in [1.29, 1.82) is 0 Å². The molecule has 4 aromatic carbocycles. The summed E-state index contributed by atoms with van der Waals surface area (Å²) in [5, 5.41) is 4.05. The maximum Gasteiger partial charge on any atom is 0.417 e. The molecule has 0 aliphatic heterocycles. The number of alkyl halides is 6. The number of primary amides is 1. The van der Waals surface area contributed by atoms with Crippen molar-refractivity contribution >= 4 is 17.7 Å². The molecule has 5 aromatic rings. The Morgan fingerprint density at radius 3 is 1.86 bits per heavy atom. The Hall–Kier alpha value is -5.26. The topological polar surface area (TPSA) is 73.8 Å². The molecule has 0 aliphatic rings. The van der Waals surface area contributed by atoms with E-state index in [1.54, 1.807) is 30.3 Å². The molecule has 5 rings (SSSR count). The number of hydrogen-bond acceptors (Lipinski definition) is 3. The van der Waals surface area contributed by atoms with E-state index in [1.807, 2.05) is 0 Å². The van der Waals surface area contributed by atoms with Crippen molar-refractivity contribution in [3.05, 3.63) is 120 Å². The summed E-state index contributed by atoms with van der Waals surface area (Å²) in [4.78, 5) is 16.6. The second kappa shape index (κ2) is 11.2. The number of nitrogens with zero attached hydrogens (tertiary/aromatic N) is 3. The number of carbonyl (C=O) groups is 1. The summed E-state index contributed by atoms with van der Waals surface area (Å²) in [6, 6.07) is 20.8. The molecular weight excluding hydrogens is 577 g/mol. The van der Waals surface area contributed by atoms with E-state index >= 15 is 4.39 Å². The average Bonchev–Trinajstić information content (AvgIpc) is 3.39. The lowest BCUT2D eigenvalue weighted by molar-refractivity contribution is -0.137. The van der Waals surface area contributed by atoms with Crippen molar-refractivity contribution < 1.29 is 35.5 Å². The van der Waals surface area contributed by atoms with Crippen LogP contribution in [0.15, 0.2) is 97.1 Å². The van der Waals surface area contributed by atoms with Gasteiger partial charge in [0.05, 0.1) is 16.7 Å². The van der Waals surface area contributed by atoms with Gasteiger partial charge in [-0.05, 0) is 29.3 Å². The van der Waals surface area contributed by atoms with Gasteiger partial charge in [0, 0.05) is 22.9 Å². The minimum Gasteiger partial charge on any atom is -0.366 e. The van der Waals surface area contributed by atoms with Gasteiger partial charge in [-0.2, -0.15) is 26.3 Å². The van der Waals surface area contributed by atoms with Crippen LogP contribution in [0.2, 0.25) is 0 Å². The van der Waals surface area contributed by atoms with Crippen molar-refractivity contribution in [2.45, 2.75) is 12.4 Å². The monoisotopic (exact) mass is 596 g/mol. The van der Waals surface area contributed by atoms with Crippen LogP contribution < -0.4 is 5.73 Å². The van der Waals surface area contributed by atoms with Crippen LogP contribution in [0.4, 0.5) is 30.7 Å². The number of aromatic nitrogens is 3. The molecule has 0 saturated heterocycles. The summed E-state index contributed by atoms with van der Waals surface area (Å²) in [5.74, 6) is -2.92. The van der Waals surface area contributed by atoms with Crippen LogP contribution in [0.25, 0.3) is 45.7 Å². The molecule has 43 heavy (non-hydrogen) atoms. The fourth-order valence-corrected chi connectivity index (χ4v) is 4.50. The first-order valence-electron chi connectivity index (χ1n) is 12.5. The fourth-order valence-electron chi connectivity index (χ4n) is 4.50. The normalized spacial score (nSPS) is 12.4. The highest BCUT2D eigenvalue weighted by Gasteiger charge is 2.37. The molecule has 0 fully saturated rings. The summed E-state index contributed by atoms with van der Waals surface area (Å²) in [6.07, 6.45) is -8.79. The minimum atomic E-state index is -4.87. The molecule has 1 aromatic heterocycles. The van der Waals surface area contributed by atoms with Crippen molar-refractivity contribution in [2.24, 2.45) is 5.73 Å². The van der Waals surface area contributed by atoms with Gasteiger partial charge in [0.15, 0.2) is 11.6 Å². The van der Waals surface area contributed by atoms with E-state index in [0.717, 1.165) is 53.3 Å². The maximum atomic E-state index is 15.2. The molecule has 0 unspecified atom stereocenters. The molecule has 2 N–H and O–H groups in total. The Kier molecular flexibility index (Phi) is 7.61. The third-order valence-electron chi connectivity index (χ3n) is 6.46. The smallest absolute Gasteiger partial charge is 0.366 e. The van der Waals surface area contributed by atoms with E-state index in [0.29, 0.717) is 5.56 Å². The van der Waals surface area contributed by atoms with Crippen molar-refractivity contribution in [1.82, 2.24) is 14.8 Å². The highest BCUT2D eigenvalue weighted by molar-refractivity contribution is 6.22. The molecule has 0 aliphatic carbocycles. The summed E-state index contributed by atoms with van der Waals surface area (Å²) in [5.41, 5.74) is 2.60. The zero-order valence-electron chi connectivity index (χ0n) is 21.8. The zero-order chi connectivity index (χ0) is 30.9. The maximum absolute atomic E-state index is 15.2. The molecule has 0 radical (unpaired) electrons. The molecule has 0 saturated carbocycles. The summed E-state index contributed by atoms with van der Waals surface area (Å²) in [7, 11) is 0. The Morgan fingerprint density at radius 2 is 1.28 bits per heavy atom. The van der Waals surface area contributed by atoms with Crippen LogP contribution in [0.3, 0.4) is 0 Å². The lowest BCUT2D eigenvalue weighted by Crippen LogP contribution is -2.15. The lowest BCUT2D eigenvalue weighted by atomic mass is 9.99. The summed E-state index contributed by atoms with van der Waals surface area (Å²) in [6.45, 7) is 0. The third kappa shape index (κ3) is 6.03. The van der Waals surface area contributed by atoms with Gasteiger partial charge in [-0.15, -0.1) is 5.10 Å². The molecule has 0 bridgehead atoms. The number of benzene rings is 4. The molecule has 1 heterocycles. The average molecular weight is 597 g/mol. The van der Waals surface area contributed by atoms with Gasteiger partial charge < -0.3 is 5.73 Å². The Bertz CT molecular complexity index is 1840. The van der Waals surface area contributed by atoms with Crippen molar-refractivity contribution in [3.8, 4) is 33.9 Å². The number of rotatable bonds is 6. The second-order valence-corrected chi connectivity index (χ2v) is 9.26. The number of nitrogens with two attached hydrogens (primary N) is 1. The minimum absolute atomic E-state index is 0.0486. The number of hydrogen-bond donors (Lipinski definition) is 1. The molecule has 5 nitrogen and oxygen atoms in total. The summed E-state index contributed by atoms with van der Waals surface area (Å²) < 4.78 is 99.2. The quantitative estimate of drug-likeness (QED) is 0.160. The van der Waals surface area contributed by atoms with Gasteiger partial charge >= 0.3 is 12.4 Å². The van der Waals surface area contributed by atoms with E-state index < -0.39 is 58.0 Å². The Balaban J connectivity index is 1.73. The van der Waals surface area contributed by atoms with Crippen molar-refractivity contribution in [3.63, 3.8) is 0 Å². The van der Waals surface area contributed by atoms with E-state index in [-0.39, 0.29) is 16.7 Å². The number of carbonyl (C=O) groups excluding carboxylic acids is 1. The van der Waals surface area contributed by atoms with Crippen LogP contribution in [0.1, 0.15) is 16.7 Å². The molecule has 12 heteroatoms. The van der Waals surface area contributed by atoms with Gasteiger partial charge in [-0.3, -0.25) is 4.79 Å². The zero-order valence-corrected chi connectivity index (χ0v) is 21.8. The van der Waals surface area contributed by atoms with Crippen LogP contribution in [0.5, 0.6) is 0 Å². The Morgan fingerprint density at radius 1 is 0.721 bits per heavy atom. The fraction of sp³-hybridized carbons (Fsp3) is 0.0645. The van der Waals surface area contributed by atoms with E-state index in [2.05, 4.69) is 10.1 Å². The molecule has 218 valence electrons. The highest BCUT2D eigenvalue weighted by Crippen LogP contribution is 2.39. The van der Waals surface area contributed by atoms with Crippen LogP contribution in [-0.2, 0) is 17.1 Å². The van der Waals surface area contributed by atoms with Crippen LogP contribution in [0, 0.1) is 5.82 Å². The Labute approximate surface area is 239 Å². The largest absolute Gasteiger partial charge is 0.417 e. The predicted molar refractivity (Wildman–Crippen MR) is 146 cm³/mol. The molecule has 0 atom stereocenters. The second-order valence-electron chi connectivity index (χ2n) is 9.26. The third-order valence-corrected chi connectivity index (χ3v) is 6.46. The summed E-state index contributed by atoms with van der Waals surface area (Å²) >= 11 is 0. The van der Waals surface area contributed by atoms with Crippen LogP contribution in [-0.4, -0.2) is 20.7 Å². The van der Waals surface area contributed by atoms with E-state index in [1.165, 1.54) is 24.3 Å². The lowest BCUT2D eigenvalue weighted by Gasteiger charge is -2.12. The molecule has 0 spiro atoms. The van der Waals surface area contributed by atoms with Crippen LogP contribution >= 0.6 is 0 Å².